The number of fused-ring (bicyclic) bond motifs is 2. The van der Waals surface area contributed by atoms with Crippen molar-refractivity contribution in [2.45, 2.75) is 6.04 Å². The molecule has 0 radical (unpaired) electrons. The third-order valence-electron chi connectivity index (χ3n) is 5.54. The van der Waals surface area contributed by atoms with Crippen LogP contribution in [0.25, 0.3) is 22.2 Å². The molecule has 1 amide bonds. The van der Waals surface area contributed by atoms with Crippen LogP contribution in [0.2, 0.25) is 0 Å². The molecule has 29 heavy (non-hydrogen) atoms. The van der Waals surface area contributed by atoms with Gasteiger partial charge in [0.05, 0.1) is 11.7 Å². The van der Waals surface area contributed by atoms with Crippen LogP contribution in [0.4, 0.5) is 0 Å². The number of aromatic nitrogens is 1. The number of hydrogen-bond donors (Lipinski definition) is 1. The summed E-state index contributed by atoms with van der Waals surface area (Å²) in [6.45, 7) is 0.499. The Hall–Kier alpha value is -2.56. The highest BCUT2D eigenvalue weighted by atomic mass is 79.9. The van der Waals surface area contributed by atoms with Gasteiger partial charge in [-0.15, -0.1) is 11.6 Å². The second kappa shape index (κ2) is 7.36. The Kier molecular flexibility index (Phi) is 4.69. The third kappa shape index (κ3) is 2.98. The van der Waals surface area contributed by atoms with E-state index in [1.54, 1.807) is 0 Å². The molecule has 0 fully saturated rings. The molecule has 1 N–H and O–H groups in total. The van der Waals surface area contributed by atoms with Crippen molar-refractivity contribution in [3.63, 3.8) is 0 Å². The summed E-state index contributed by atoms with van der Waals surface area (Å²) >= 11 is 9.62. The van der Waals surface area contributed by atoms with E-state index in [0.717, 1.165) is 43.3 Å². The van der Waals surface area contributed by atoms with E-state index in [4.69, 9.17) is 11.6 Å². The maximum absolute atomic E-state index is 13.2. The first-order chi connectivity index (χ1) is 14.2. The van der Waals surface area contributed by atoms with Crippen LogP contribution >= 0.6 is 27.5 Å². The highest BCUT2D eigenvalue weighted by Crippen LogP contribution is 2.45. The Morgan fingerprint density at radius 1 is 0.966 bits per heavy atom. The van der Waals surface area contributed by atoms with Crippen LogP contribution in [-0.4, -0.2) is 28.2 Å². The quantitative estimate of drug-likeness (QED) is 0.349. The molecule has 0 spiro atoms. The van der Waals surface area contributed by atoms with Crippen LogP contribution < -0.4 is 0 Å². The minimum atomic E-state index is -0.174. The normalized spacial score (nSPS) is 15.9. The van der Waals surface area contributed by atoms with E-state index in [2.05, 4.69) is 51.2 Å². The number of amides is 1. The lowest BCUT2D eigenvalue weighted by atomic mass is 9.93. The molecular weight excluding hydrogens is 448 g/mol. The predicted molar refractivity (Wildman–Crippen MR) is 121 cm³/mol. The number of hydrogen-bond acceptors (Lipinski definition) is 1. The number of benzene rings is 3. The van der Waals surface area contributed by atoms with E-state index in [-0.39, 0.29) is 11.9 Å². The van der Waals surface area contributed by atoms with E-state index in [1.807, 2.05) is 47.4 Å². The number of carbonyl (C=O) groups is 1. The van der Waals surface area contributed by atoms with Gasteiger partial charge in [0.1, 0.15) is 0 Å². The van der Waals surface area contributed by atoms with Crippen LogP contribution in [0, 0.1) is 0 Å². The molecule has 2 heterocycles. The summed E-state index contributed by atoms with van der Waals surface area (Å²) in [6.07, 6.45) is 0. The summed E-state index contributed by atoms with van der Waals surface area (Å²) in [5.74, 6) is 0.435. The molecule has 0 aliphatic carbocycles. The van der Waals surface area contributed by atoms with Crippen molar-refractivity contribution in [1.82, 2.24) is 9.88 Å². The molecule has 4 aromatic rings. The average Bonchev–Trinajstić information content (AvgIpc) is 3.25. The Morgan fingerprint density at radius 2 is 1.69 bits per heavy atom. The second-order valence-electron chi connectivity index (χ2n) is 7.14. The SMILES string of the molecule is O=C1c2ccccc2[C@H](c2c(-c3ccc(Br)cc3)[nH]c3ccccc23)N1CCCl. The zero-order chi connectivity index (χ0) is 20.0. The molecule has 144 valence electrons. The fourth-order valence-electron chi connectivity index (χ4n) is 4.30. The highest BCUT2D eigenvalue weighted by Gasteiger charge is 2.39. The van der Waals surface area contributed by atoms with E-state index >= 15 is 0 Å². The molecule has 1 aliphatic rings. The summed E-state index contributed by atoms with van der Waals surface area (Å²) in [4.78, 5) is 18.7. The van der Waals surface area contributed by atoms with E-state index in [9.17, 15) is 4.79 Å². The number of halogens is 2. The number of alkyl halides is 1. The summed E-state index contributed by atoms with van der Waals surface area (Å²) in [5.41, 5.74) is 6.09. The average molecular weight is 466 g/mol. The smallest absolute Gasteiger partial charge is 0.255 e. The summed E-state index contributed by atoms with van der Waals surface area (Å²) in [5, 5.41) is 1.12. The van der Waals surface area contributed by atoms with Crippen LogP contribution in [0.15, 0.2) is 77.3 Å². The zero-order valence-electron chi connectivity index (χ0n) is 15.5. The zero-order valence-corrected chi connectivity index (χ0v) is 17.9. The molecule has 0 unspecified atom stereocenters. The Labute approximate surface area is 182 Å². The van der Waals surface area contributed by atoms with Gasteiger partial charge < -0.3 is 9.88 Å². The molecule has 3 aromatic carbocycles. The predicted octanol–water partition coefficient (Wildman–Crippen LogP) is 6.38. The van der Waals surface area contributed by atoms with Crippen molar-refractivity contribution in [3.8, 4) is 11.3 Å². The molecule has 5 rings (SSSR count). The molecule has 1 aliphatic heterocycles. The first-order valence-corrected chi connectivity index (χ1v) is 10.8. The number of rotatable bonds is 4. The van der Waals surface area contributed by atoms with E-state index in [0.29, 0.717) is 12.4 Å². The minimum absolute atomic E-state index is 0.0401. The molecule has 0 saturated heterocycles. The largest absolute Gasteiger partial charge is 0.354 e. The Morgan fingerprint density at radius 3 is 2.48 bits per heavy atom. The second-order valence-corrected chi connectivity index (χ2v) is 8.44. The van der Waals surface area contributed by atoms with Gasteiger partial charge in [0.2, 0.25) is 0 Å². The van der Waals surface area contributed by atoms with Gasteiger partial charge in [-0.05, 0) is 35.4 Å². The Balaban J connectivity index is 1.80. The van der Waals surface area contributed by atoms with Gasteiger partial charge >= 0.3 is 0 Å². The van der Waals surface area contributed by atoms with Crippen LogP contribution in [0.3, 0.4) is 0 Å². The lowest BCUT2D eigenvalue weighted by Crippen LogP contribution is -2.30. The summed E-state index contributed by atoms with van der Waals surface area (Å²) in [6, 6.07) is 24.2. The number of H-pyrrole nitrogens is 1. The number of aromatic amines is 1. The molecule has 1 aromatic heterocycles. The van der Waals surface area contributed by atoms with Crippen molar-refractivity contribution < 1.29 is 4.79 Å². The minimum Gasteiger partial charge on any atom is -0.354 e. The first kappa shape index (κ1) is 18.5. The summed E-state index contributed by atoms with van der Waals surface area (Å²) < 4.78 is 1.03. The van der Waals surface area contributed by atoms with Gasteiger partial charge in [-0.2, -0.15) is 0 Å². The van der Waals surface area contributed by atoms with Crippen LogP contribution in [0.1, 0.15) is 27.5 Å². The Bertz CT molecular complexity index is 1220. The van der Waals surface area contributed by atoms with Gasteiger partial charge in [-0.25, -0.2) is 0 Å². The van der Waals surface area contributed by atoms with Crippen molar-refractivity contribution >= 4 is 44.3 Å². The van der Waals surface area contributed by atoms with Crippen LogP contribution in [-0.2, 0) is 0 Å². The third-order valence-corrected chi connectivity index (χ3v) is 6.23. The molecule has 5 heteroatoms. The van der Waals surface area contributed by atoms with Gasteiger partial charge in [-0.1, -0.05) is 64.5 Å². The van der Waals surface area contributed by atoms with E-state index in [1.165, 1.54) is 0 Å². The molecular formula is C24H18BrClN2O. The lowest BCUT2D eigenvalue weighted by molar-refractivity contribution is 0.0762. The van der Waals surface area contributed by atoms with Gasteiger partial charge in [0.25, 0.3) is 5.91 Å². The molecule has 1 atom stereocenters. The number of para-hydroxylation sites is 1. The molecule has 0 saturated carbocycles. The van der Waals surface area contributed by atoms with Gasteiger partial charge in [0.15, 0.2) is 0 Å². The van der Waals surface area contributed by atoms with Crippen molar-refractivity contribution in [3.05, 3.63) is 94.0 Å². The van der Waals surface area contributed by atoms with Gasteiger partial charge in [0, 0.05) is 38.9 Å². The maximum atomic E-state index is 13.2. The number of carbonyl (C=O) groups excluding carboxylic acids is 1. The number of nitrogens with zero attached hydrogens (tertiary/aromatic N) is 1. The van der Waals surface area contributed by atoms with Crippen LogP contribution in [0.5, 0.6) is 0 Å². The van der Waals surface area contributed by atoms with Gasteiger partial charge in [-0.3, -0.25) is 4.79 Å². The number of nitrogens with one attached hydrogen (secondary N) is 1. The maximum Gasteiger partial charge on any atom is 0.255 e. The monoisotopic (exact) mass is 464 g/mol. The summed E-state index contributed by atoms with van der Waals surface area (Å²) in [7, 11) is 0. The topological polar surface area (TPSA) is 36.1 Å². The van der Waals surface area contributed by atoms with Crippen molar-refractivity contribution in [2.24, 2.45) is 0 Å². The lowest BCUT2D eigenvalue weighted by Gasteiger charge is -2.26. The van der Waals surface area contributed by atoms with Crippen molar-refractivity contribution in [1.29, 1.82) is 0 Å². The first-order valence-electron chi connectivity index (χ1n) is 9.51. The highest BCUT2D eigenvalue weighted by molar-refractivity contribution is 9.10. The standard InChI is InChI=1S/C24H18BrClN2O/c25-16-11-9-15(10-12-16)22-21(19-7-3-4-8-20(19)27-22)23-17-5-1-2-6-18(17)24(29)28(23)14-13-26/h1-12,23,27H,13-14H2/t23-/m1/s1. The molecule has 0 bridgehead atoms. The van der Waals surface area contributed by atoms with E-state index < -0.39 is 0 Å². The fraction of sp³-hybridized carbons (Fsp3) is 0.125. The van der Waals surface area contributed by atoms with Crippen molar-refractivity contribution in [2.75, 3.05) is 12.4 Å². The molecule has 3 nitrogen and oxygen atoms in total. The fourth-order valence-corrected chi connectivity index (χ4v) is 4.74.